The van der Waals surface area contributed by atoms with E-state index in [4.69, 9.17) is 16.3 Å². The van der Waals surface area contributed by atoms with Crippen molar-refractivity contribution in [1.82, 2.24) is 9.55 Å². The Bertz CT molecular complexity index is 589. The molecule has 7 heteroatoms. The summed E-state index contributed by atoms with van der Waals surface area (Å²) in [5.74, 6) is 0.709. The highest BCUT2D eigenvalue weighted by atomic mass is 79.9. The van der Waals surface area contributed by atoms with Gasteiger partial charge in [0.1, 0.15) is 12.4 Å². The molecule has 20 heavy (non-hydrogen) atoms. The van der Waals surface area contributed by atoms with Gasteiger partial charge in [-0.2, -0.15) is 0 Å². The number of benzene rings is 1. The van der Waals surface area contributed by atoms with Crippen molar-refractivity contribution >= 4 is 38.6 Å². The molecule has 0 aliphatic rings. The van der Waals surface area contributed by atoms with Gasteiger partial charge < -0.3 is 9.30 Å². The Morgan fingerprint density at radius 3 is 2.85 bits per heavy atom. The molecular weight excluding hydrogens is 354 g/mol. The lowest BCUT2D eigenvalue weighted by Crippen LogP contribution is -2.13. The van der Waals surface area contributed by atoms with Gasteiger partial charge in [0, 0.05) is 11.0 Å². The second kappa shape index (κ2) is 6.83. The fraction of sp³-hybridized carbons (Fsp3) is 0.462. The van der Waals surface area contributed by atoms with E-state index >= 15 is 0 Å². The van der Waals surface area contributed by atoms with Crippen LogP contribution in [0.5, 0.6) is 0 Å². The van der Waals surface area contributed by atoms with Crippen LogP contribution in [0.1, 0.15) is 18.1 Å². The second-order valence-electron chi connectivity index (χ2n) is 4.34. The first-order valence-corrected chi connectivity index (χ1v) is 7.37. The van der Waals surface area contributed by atoms with Crippen molar-refractivity contribution in [3.63, 3.8) is 0 Å². The van der Waals surface area contributed by atoms with E-state index in [-0.39, 0.29) is 12.0 Å². The van der Waals surface area contributed by atoms with E-state index < -0.39 is 13.0 Å². The third kappa shape index (κ3) is 3.68. The van der Waals surface area contributed by atoms with Crippen molar-refractivity contribution in [3.05, 3.63) is 28.5 Å². The lowest BCUT2D eigenvalue weighted by atomic mass is 10.3. The van der Waals surface area contributed by atoms with Gasteiger partial charge in [0.25, 0.3) is 6.43 Å². The molecule has 3 nitrogen and oxygen atoms in total. The average Bonchev–Trinajstić information content (AvgIpc) is 2.73. The maximum atomic E-state index is 12.0. The molecule has 0 amide bonds. The van der Waals surface area contributed by atoms with Gasteiger partial charge in [0.05, 0.1) is 23.0 Å². The molecule has 0 saturated heterocycles. The summed E-state index contributed by atoms with van der Waals surface area (Å²) in [6, 6.07) is 5.71. The van der Waals surface area contributed by atoms with E-state index in [9.17, 15) is 8.78 Å². The van der Waals surface area contributed by atoms with Crippen molar-refractivity contribution in [2.75, 3.05) is 13.2 Å². The van der Waals surface area contributed by atoms with Gasteiger partial charge in [-0.25, -0.2) is 13.8 Å². The molecule has 0 fully saturated rings. The van der Waals surface area contributed by atoms with E-state index in [1.54, 1.807) is 0 Å². The number of fused-ring (bicyclic) bond motifs is 1. The summed E-state index contributed by atoms with van der Waals surface area (Å²) in [5, 5.41) is -0.267. The fourth-order valence-corrected chi connectivity index (χ4v) is 2.50. The number of alkyl halides is 3. The van der Waals surface area contributed by atoms with Crippen LogP contribution in [0.4, 0.5) is 8.78 Å². The van der Waals surface area contributed by atoms with Gasteiger partial charge in [-0.15, -0.1) is 11.6 Å². The molecular formula is C13H14BrClF2N2O. The number of halogens is 4. The molecule has 1 unspecified atom stereocenters. The second-order valence-corrected chi connectivity index (χ2v) is 5.91. The van der Waals surface area contributed by atoms with Gasteiger partial charge in [-0.1, -0.05) is 15.9 Å². The first kappa shape index (κ1) is 15.7. The zero-order chi connectivity index (χ0) is 14.7. The predicted molar refractivity (Wildman–Crippen MR) is 78.5 cm³/mol. The Balaban J connectivity index is 2.24. The van der Waals surface area contributed by atoms with Crippen LogP contribution in [-0.2, 0) is 11.3 Å². The van der Waals surface area contributed by atoms with Gasteiger partial charge >= 0.3 is 0 Å². The Morgan fingerprint density at radius 1 is 1.45 bits per heavy atom. The topological polar surface area (TPSA) is 27.1 Å². The van der Waals surface area contributed by atoms with Crippen LogP contribution in [-0.4, -0.2) is 29.2 Å². The number of nitrogens with zero attached hydrogens (tertiary/aromatic N) is 2. The normalized spacial score (nSPS) is 13.3. The Labute approximate surface area is 129 Å². The molecule has 2 aromatic rings. The Kier molecular flexibility index (Phi) is 5.35. The quantitative estimate of drug-likeness (QED) is 0.559. The molecule has 0 bridgehead atoms. The predicted octanol–water partition coefficient (Wildman–Crippen LogP) is 4.38. The van der Waals surface area contributed by atoms with Crippen LogP contribution in [0.3, 0.4) is 0 Å². The summed E-state index contributed by atoms with van der Waals surface area (Å²) in [5.41, 5.74) is 1.73. The molecule has 0 N–H and O–H groups in total. The molecule has 0 aliphatic heterocycles. The van der Waals surface area contributed by atoms with Gasteiger partial charge in [0.2, 0.25) is 0 Å². The van der Waals surface area contributed by atoms with Crippen molar-refractivity contribution in [2.24, 2.45) is 0 Å². The molecule has 0 radical (unpaired) electrons. The number of hydrogen-bond acceptors (Lipinski definition) is 2. The first-order valence-electron chi connectivity index (χ1n) is 6.14. The average molecular weight is 368 g/mol. The first-order chi connectivity index (χ1) is 9.49. The highest BCUT2D eigenvalue weighted by Crippen LogP contribution is 2.26. The molecule has 2 rings (SSSR count). The van der Waals surface area contributed by atoms with Gasteiger partial charge in [0.15, 0.2) is 0 Å². The standard InChI is InChI=1S/C13H14BrClF2N2O/c1-8(15)13-18-10-3-2-9(14)6-11(10)19(13)4-5-20-7-12(16)17/h2-3,6,8,12H,4-5,7H2,1H3. The summed E-state index contributed by atoms with van der Waals surface area (Å²) < 4.78 is 31.8. The maximum absolute atomic E-state index is 12.0. The largest absolute Gasteiger partial charge is 0.374 e. The van der Waals surface area contributed by atoms with Gasteiger partial charge in [-0.3, -0.25) is 0 Å². The summed E-state index contributed by atoms with van der Waals surface area (Å²) in [4.78, 5) is 4.47. The summed E-state index contributed by atoms with van der Waals surface area (Å²) in [6.07, 6.45) is -2.45. The van der Waals surface area contributed by atoms with Crippen molar-refractivity contribution < 1.29 is 13.5 Å². The molecule has 0 saturated carbocycles. The van der Waals surface area contributed by atoms with Crippen LogP contribution >= 0.6 is 27.5 Å². The van der Waals surface area contributed by atoms with Crippen LogP contribution in [0.15, 0.2) is 22.7 Å². The lowest BCUT2D eigenvalue weighted by molar-refractivity contribution is 0.0148. The van der Waals surface area contributed by atoms with E-state index in [2.05, 4.69) is 20.9 Å². The minimum absolute atomic E-state index is 0.193. The monoisotopic (exact) mass is 366 g/mol. The van der Waals surface area contributed by atoms with E-state index in [1.807, 2.05) is 29.7 Å². The zero-order valence-corrected chi connectivity index (χ0v) is 13.2. The molecule has 1 atom stereocenters. The SMILES string of the molecule is CC(Cl)c1nc2ccc(Br)cc2n1CCOCC(F)F. The number of aromatic nitrogens is 2. The lowest BCUT2D eigenvalue weighted by Gasteiger charge is -2.11. The molecule has 1 aromatic carbocycles. The smallest absolute Gasteiger partial charge is 0.261 e. The number of ether oxygens (including phenoxy) is 1. The van der Waals surface area contributed by atoms with Crippen LogP contribution in [0.25, 0.3) is 11.0 Å². The molecule has 1 heterocycles. The minimum atomic E-state index is -2.45. The van der Waals surface area contributed by atoms with Crippen molar-refractivity contribution in [3.8, 4) is 0 Å². The van der Waals surface area contributed by atoms with Gasteiger partial charge in [-0.05, 0) is 25.1 Å². The summed E-state index contributed by atoms with van der Waals surface area (Å²) in [6.45, 7) is 1.90. The van der Waals surface area contributed by atoms with Crippen molar-refractivity contribution in [2.45, 2.75) is 25.3 Å². The number of rotatable bonds is 6. The highest BCUT2D eigenvalue weighted by molar-refractivity contribution is 9.10. The number of hydrogen-bond donors (Lipinski definition) is 0. The van der Waals surface area contributed by atoms with Crippen LogP contribution in [0.2, 0.25) is 0 Å². The summed E-state index contributed by atoms with van der Waals surface area (Å²) >= 11 is 9.54. The Morgan fingerprint density at radius 2 is 2.20 bits per heavy atom. The molecule has 110 valence electrons. The zero-order valence-electron chi connectivity index (χ0n) is 10.8. The van der Waals surface area contributed by atoms with Crippen molar-refractivity contribution in [1.29, 1.82) is 0 Å². The molecule has 1 aromatic heterocycles. The highest BCUT2D eigenvalue weighted by Gasteiger charge is 2.15. The summed E-state index contributed by atoms with van der Waals surface area (Å²) in [7, 11) is 0. The Hall–Kier alpha value is -0.720. The number of imidazole rings is 1. The van der Waals surface area contributed by atoms with E-state index in [0.29, 0.717) is 12.4 Å². The molecule has 0 aliphatic carbocycles. The van der Waals surface area contributed by atoms with Crippen LogP contribution < -0.4 is 0 Å². The van der Waals surface area contributed by atoms with E-state index in [1.165, 1.54) is 0 Å². The van der Waals surface area contributed by atoms with Crippen LogP contribution in [0, 0.1) is 0 Å². The fourth-order valence-electron chi connectivity index (χ4n) is 1.98. The van der Waals surface area contributed by atoms with E-state index in [0.717, 1.165) is 15.5 Å². The third-order valence-electron chi connectivity index (χ3n) is 2.80. The third-order valence-corrected chi connectivity index (χ3v) is 3.49. The minimum Gasteiger partial charge on any atom is -0.374 e. The molecule has 0 spiro atoms. The maximum Gasteiger partial charge on any atom is 0.261 e.